The molecule has 3 aromatic heterocycles. The maximum atomic E-state index is 4.54. The minimum atomic E-state index is 0.492. The van der Waals surface area contributed by atoms with Crippen molar-refractivity contribution in [2.75, 3.05) is 6.54 Å². The molecule has 1 N–H and O–H groups in total. The first-order valence-corrected chi connectivity index (χ1v) is 9.31. The highest BCUT2D eigenvalue weighted by molar-refractivity contribution is 7.15. The molecule has 0 aliphatic carbocycles. The van der Waals surface area contributed by atoms with Crippen LogP contribution in [0.1, 0.15) is 35.2 Å². The van der Waals surface area contributed by atoms with Gasteiger partial charge in [0.25, 0.3) is 0 Å². The van der Waals surface area contributed by atoms with Crippen LogP contribution in [0.3, 0.4) is 0 Å². The fourth-order valence-corrected chi connectivity index (χ4v) is 4.88. The quantitative estimate of drug-likeness (QED) is 0.775. The van der Waals surface area contributed by atoms with Gasteiger partial charge in [-0.3, -0.25) is 10.00 Å². The number of rotatable bonds is 4. The Morgan fingerprint density at radius 2 is 2.23 bits per heavy atom. The molecule has 0 spiro atoms. The van der Waals surface area contributed by atoms with Crippen molar-refractivity contribution in [2.24, 2.45) is 0 Å². The molecule has 22 heavy (non-hydrogen) atoms. The maximum absolute atomic E-state index is 4.54. The molecule has 0 aromatic carbocycles. The number of hydrogen-bond donors (Lipinski definition) is 1. The van der Waals surface area contributed by atoms with E-state index in [-0.39, 0.29) is 0 Å². The van der Waals surface area contributed by atoms with Gasteiger partial charge in [0.05, 0.1) is 16.6 Å². The average molecular weight is 330 g/mol. The van der Waals surface area contributed by atoms with E-state index in [1.54, 1.807) is 17.5 Å². The van der Waals surface area contributed by atoms with Crippen molar-refractivity contribution in [3.8, 4) is 10.6 Å². The third-order valence-corrected chi connectivity index (χ3v) is 6.12. The lowest BCUT2D eigenvalue weighted by atomic mass is 10.0. The second-order valence-electron chi connectivity index (χ2n) is 5.59. The van der Waals surface area contributed by atoms with Crippen LogP contribution in [0.25, 0.3) is 10.6 Å². The fraction of sp³-hybridized carbons (Fsp3) is 0.375. The Morgan fingerprint density at radius 1 is 1.23 bits per heavy atom. The van der Waals surface area contributed by atoms with Gasteiger partial charge >= 0.3 is 0 Å². The molecule has 0 radical (unpaired) electrons. The zero-order chi connectivity index (χ0) is 14.8. The van der Waals surface area contributed by atoms with E-state index in [0.717, 1.165) is 12.2 Å². The van der Waals surface area contributed by atoms with E-state index in [1.807, 2.05) is 23.6 Å². The number of aromatic nitrogens is 3. The molecule has 1 atom stereocenters. The molecule has 0 saturated carbocycles. The third-order valence-electron chi connectivity index (χ3n) is 4.14. The van der Waals surface area contributed by atoms with Crippen LogP contribution >= 0.6 is 22.7 Å². The van der Waals surface area contributed by atoms with Crippen LogP contribution in [0.5, 0.6) is 0 Å². The van der Waals surface area contributed by atoms with Gasteiger partial charge in [-0.2, -0.15) is 5.10 Å². The largest absolute Gasteiger partial charge is 0.289 e. The summed E-state index contributed by atoms with van der Waals surface area (Å²) in [5.74, 6) is 0. The van der Waals surface area contributed by atoms with Crippen LogP contribution in [0, 0.1) is 0 Å². The summed E-state index contributed by atoms with van der Waals surface area (Å²) in [6.45, 7) is 2.19. The second-order valence-corrected chi connectivity index (χ2v) is 7.68. The first-order chi connectivity index (χ1) is 10.9. The van der Waals surface area contributed by atoms with Crippen LogP contribution in [-0.4, -0.2) is 26.6 Å². The topological polar surface area (TPSA) is 44.8 Å². The summed E-state index contributed by atoms with van der Waals surface area (Å²) in [4.78, 5) is 9.80. The molecule has 1 aliphatic rings. The van der Waals surface area contributed by atoms with Gasteiger partial charge in [0, 0.05) is 29.2 Å². The van der Waals surface area contributed by atoms with Crippen molar-refractivity contribution in [3.63, 3.8) is 0 Å². The van der Waals surface area contributed by atoms with Gasteiger partial charge < -0.3 is 0 Å². The minimum Gasteiger partial charge on any atom is -0.289 e. The summed E-state index contributed by atoms with van der Waals surface area (Å²) in [5.41, 5.74) is 1.10. The summed E-state index contributed by atoms with van der Waals surface area (Å²) in [5, 5.41) is 10.4. The average Bonchev–Trinajstić information content (AvgIpc) is 3.30. The molecule has 6 heteroatoms. The van der Waals surface area contributed by atoms with Crippen molar-refractivity contribution in [2.45, 2.75) is 31.8 Å². The van der Waals surface area contributed by atoms with Crippen molar-refractivity contribution in [3.05, 3.63) is 45.9 Å². The first kappa shape index (κ1) is 14.1. The number of piperidine rings is 1. The molecule has 1 saturated heterocycles. The van der Waals surface area contributed by atoms with Gasteiger partial charge in [0.1, 0.15) is 5.01 Å². The summed E-state index contributed by atoms with van der Waals surface area (Å²) in [6, 6.07) is 6.95. The van der Waals surface area contributed by atoms with Gasteiger partial charge in [-0.15, -0.1) is 22.7 Å². The van der Waals surface area contributed by atoms with E-state index in [0.29, 0.717) is 6.04 Å². The van der Waals surface area contributed by atoms with Gasteiger partial charge in [0.15, 0.2) is 0 Å². The van der Waals surface area contributed by atoms with Crippen LogP contribution < -0.4 is 0 Å². The van der Waals surface area contributed by atoms with E-state index < -0.39 is 0 Å². The molecular weight excluding hydrogens is 312 g/mol. The molecule has 114 valence electrons. The predicted molar refractivity (Wildman–Crippen MR) is 91.0 cm³/mol. The molecule has 1 fully saturated rings. The molecule has 4 rings (SSSR count). The SMILES string of the molecule is c1cc(-c2ccc(CN3CCCCC3c3nccs3)s2)[nH]n1. The fourth-order valence-electron chi connectivity index (χ4n) is 3.06. The van der Waals surface area contributed by atoms with E-state index >= 15 is 0 Å². The normalized spacial score (nSPS) is 19.5. The first-order valence-electron chi connectivity index (χ1n) is 7.62. The second kappa shape index (κ2) is 6.32. The highest BCUT2D eigenvalue weighted by Gasteiger charge is 2.26. The highest BCUT2D eigenvalue weighted by atomic mass is 32.1. The Morgan fingerprint density at radius 3 is 3.05 bits per heavy atom. The predicted octanol–water partition coefficient (Wildman–Crippen LogP) is 4.32. The molecule has 4 heterocycles. The van der Waals surface area contributed by atoms with Crippen LogP contribution in [0.15, 0.2) is 36.0 Å². The summed E-state index contributed by atoms with van der Waals surface area (Å²) in [7, 11) is 0. The van der Waals surface area contributed by atoms with Crippen LogP contribution in [0.4, 0.5) is 0 Å². The number of nitrogens with zero attached hydrogens (tertiary/aromatic N) is 3. The highest BCUT2D eigenvalue weighted by Crippen LogP contribution is 2.35. The Kier molecular flexibility index (Phi) is 4.05. The van der Waals surface area contributed by atoms with E-state index in [2.05, 4.69) is 37.6 Å². The molecule has 3 aromatic rings. The van der Waals surface area contributed by atoms with E-state index in [9.17, 15) is 0 Å². The van der Waals surface area contributed by atoms with Gasteiger partial charge in [-0.25, -0.2) is 4.98 Å². The zero-order valence-electron chi connectivity index (χ0n) is 12.2. The lowest BCUT2D eigenvalue weighted by Crippen LogP contribution is -2.32. The van der Waals surface area contributed by atoms with Gasteiger partial charge in [-0.1, -0.05) is 6.42 Å². The zero-order valence-corrected chi connectivity index (χ0v) is 13.9. The lowest BCUT2D eigenvalue weighted by Gasteiger charge is -2.34. The molecular formula is C16H18N4S2. The van der Waals surface area contributed by atoms with Crippen LogP contribution in [0.2, 0.25) is 0 Å². The van der Waals surface area contributed by atoms with E-state index in [1.165, 1.54) is 40.6 Å². The molecule has 0 amide bonds. The Bertz CT molecular complexity index is 702. The standard InChI is InChI=1S/C16H18N4S2/c1-2-9-20(14(3-1)16-17-8-10-21-16)11-12-4-5-15(22-12)13-6-7-18-19-13/h4-8,10,14H,1-3,9,11H2,(H,18,19). The molecule has 0 bridgehead atoms. The third kappa shape index (κ3) is 2.86. The number of hydrogen-bond acceptors (Lipinski definition) is 5. The van der Waals surface area contributed by atoms with Crippen LogP contribution in [-0.2, 0) is 6.54 Å². The summed E-state index contributed by atoms with van der Waals surface area (Å²) < 4.78 is 0. The van der Waals surface area contributed by atoms with Crippen molar-refractivity contribution >= 4 is 22.7 Å². The number of thiophene rings is 1. The van der Waals surface area contributed by atoms with E-state index in [4.69, 9.17) is 0 Å². The summed E-state index contributed by atoms with van der Waals surface area (Å²) >= 11 is 3.64. The molecule has 4 nitrogen and oxygen atoms in total. The Hall–Kier alpha value is -1.50. The monoisotopic (exact) mass is 330 g/mol. The number of nitrogens with one attached hydrogen (secondary N) is 1. The number of thiazole rings is 1. The Balaban J connectivity index is 1.52. The smallest absolute Gasteiger partial charge is 0.110 e. The van der Waals surface area contributed by atoms with Crippen molar-refractivity contribution in [1.82, 2.24) is 20.1 Å². The summed E-state index contributed by atoms with van der Waals surface area (Å²) in [6.07, 6.45) is 7.56. The number of likely N-dealkylation sites (tertiary alicyclic amines) is 1. The molecule has 1 unspecified atom stereocenters. The van der Waals surface area contributed by atoms with Gasteiger partial charge in [0.2, 0.25) is 0 Å². The van der Waals surface area contributed by atoms with Crippen molar-refractivity contribution in [1.29, 1.82) is 0 Å². The molecule has 1 aliphatic heterocycles. The minimum absolute atomic E-state index is 0.492. The van der Waals surface area contributed by atoms with Crippen molar-refractivity contribution < 1.29 is 0 Å². The maximum Gasteiger partial charge on any atom is 0.110 e. The van der Waals surface area contributed by atoms with Gasteiger partial charge in [-0.05, 0) is 37.6 Å². The Labute approximate surface area is 137 Å². The number of H-pyrrole nitrogens is 1. The number of aromatic amines is 1. The lowest BCUT2D eigenvalue weighted by molar-refractivity contribution is 0.141.